The number of benzene rings is 1. The Labute approximate surface area is 234 Å². The summed E-state index contributed by atoms with van der Waals surface area (Å²) in [5.74, 6) is 1.95. The molecular weight excluding hydrogens is 490 g/mol. The van der Waals surface area contributed by atoms with Crippen molar-refractivity contribution in [3.8, 4) is 11.5 Å². The quantitative estimate of drug-likeness (QED) is 0.112. The molecule has 0 saturated heterocycles. The van der Waals surface area contributed by atoms with Gasteiger partial charge in [0.15, 0.2) is 17.3 Å². The van der Waals surface area contributed by atoms with E-state index in [4.69, 9.17) is 10.5 Å². The summed E-state index contributed by atoms with van der Waals surface area (Å²) in [5, 5.41) is 13.6. The number of nitrogens with two attached hydrogens (primary N) is 1. The van der Waals surface area contributed by atoms with E-state index in [2.05, 4.69) is 24.1 Å². The first-order valence-electron chi connectivity index (χ1n) is 14.2. The van der Waals surface area contributed by atoms with Crippen LogP contribution in [0.15, 0.2) is 36.5 Å². The average molecular weight is 538 g/mol. The van der Waals surface area contributed by atoms with Gasteiger partial charge in [-0.25, -0.2) is 4.98 Å². The molecule has 1 atom stereocenters. The zero-order valence-electron chi connectivity index (χ0n) is 24.2. The number of ether oxygens (including phenoxy) is 1. The first kappa shape index (κ1) is 32.0. The number of unbranched alkanes of at least 4 members (excludes halogenated alkanes) is 2. The van der Waals surface area contributed by atoms with E-state index in [1.807, 2.05) is 13.1 Å². The maximum Gasteiger partial charge on any atom is 0.163 e. The number of pyridine rings is 1. The molecule has 1 heterocycles. The molecule has 0 amide bonds. The van der Waals surface area contributed by atoms with Gasteiger partial charge >= 0.3 is 0 Å². The molecule has 1 aromatic heterocycles. The third kappa shape index (κ3) is 12.5. The zero-order chi connectivity index (χ0) is 28.6. The van der Waals surface area contributed by atoms with E-state index < -0.39 is 0 Å². The van der Waals surface area contributed by atoms with Crippen molar-refractivity contribution in [3.63, 3.8) is 0 Å². The molecule has 0 bridgehead atoms. The highest BCUT2D eigenvalue weighted by Crippen LogP contribution is 2.31. The van der Waals surface area contributed by atoms with Gasteiger partial charge in [0, 0.05) is 12.6 Å². The Morgan fingerprint density at radius 2 is 1.87 bits per heavy atom. The average Bonchev–Trinajstić information content (AvgIpc) is 2.89. The van der Waals surface area contributed by atoms with Gasteiger partial charge in [-0.2, -0.15) is 0 Å². The number of hydrogen-bond donors (Lipinski definition) is 3. The van der Waals surface area contributed by atoms with Crippen LogP contribution in [-0.4, -0.2) is 42.4 Å². The molecule has 0 aliphatic rings. The van der Waals surface area contributed by atoms with E-state index in [1.165, 1.54) is 38.9 Å². The highest BCUT2D eigenvalue weighted by atomic mass is 16.5. The number of carbonyl (C=O) groups is 2. The second-order valence-corrected chi connectivity index (χ2v) is 10.9. The van der Waals surface area contributed by atoms with Gasteiger partial charge < -0.3 is 20.9 Å². The summed E-state index contributed by atoms with van der Waals surface area (Å²) in [5.41, 5.74) is 8.12. The number of nitrogen functional groups attached to an aromatic ring is 1. The lowest BCUT2D eigenvalue weighted by molar-refractivity contribution is -0.124. The van der Waals surface area contributed by atoms with Gasteiger partial charge in [0.25, 0.3) is 0 Å². The Morgan fingerprint density at radius 1 is 1.10 bits per heavy atom. The number of aromatic nitrogens is 1. The lowest BCUT2D eigenvalue weighted by Crippen LogP contribution is -2.19. The molecule has 0 saturated carbocycles. The number of carbonyl (C=O) groups excluding carboxylic acids is 2. The summed E-state index contributed by atoms with van der Waals surface area (Å²) in [6, 6.07) is 6.90. The van der Waals surface area contributed by atoms with Crippen LogP contribution in [-0.2, 0) is 16.0 Å². The van der Waals surface area contributed by atoms with Crippen LogP contribution in [0.3, 0.4) is 0 Å². The fourth-order valence-corrected chi connectivity index (χ4v) is 4.77. The van der Waals surface area contributed by atoms with Crippen molar-refractivity contribution >= 4 is 23.5 Å². The Kier molecular flexibility index (Phi) is 14.3. The van der Waals surface area contributed by atoms with Crippen LogP contribution in [0.5, 0.6) is 11.5 Å². The smallest absolute Gasteiger partial charge is 0.163 e. The third-order valence-corrected chi connectivity index (χ3v) is 6.96. The number of ketones is 2. The second kappa shape index (κ2) is 17.4. The van der Waals surface area contributed by atoms with E-state index in [1.54, 1.807) is 30.5 Å². The third-order valence-electron chi connectivity index (χ3n) is 6.96. The van der Waals surface area contributed by atoms with Gasteiger partial charge in [-0.15, -0.1) is 0 Å². The van der Waals surface area contributed by atoms with Crippen molar-refractivity contribution in [1.82, 2.24) is 10.3 Å². The van der Waals surface area contributed by atoms with Crippen LogP contribution in [0.4, 0.5) is 5.82 Å². The van der Waals surface area contributed by atoms with E-state index in [9.17, 15) is 14.7 Å². The zero-order valence-corrected chi connectivity index (χ0v) is 24.2. The topological polar surface area (TPSA) is 115 Å². The Balaban J connectivity index is 1.84. The predicted molar refractivity (Wildman–Crippen MR) is 159 cm³/mol. The minimum atomic E-state index is -0.230. The summed E-state index contributed by atoms with van der Waals surface area (Å²) in [6.07, 6.45) is 13.6. The van der Waals surface area contributed by atoms with Crippen LogP contribution in [0, 0.1) is 11.8 Å². The first-order valence-corrected chi connectivity index (χ1v) is 14.2. The summed E-state index contributed by atoms with van der Waals surface area (Å²) in [6.45, 7) is 5.59. The number of anilines is 1. The Morgan fingerprint density at radius 3 is 2.54 bits per heavy atom. The Hall–Kier alpha value is -3.19. The number of hydrogen-bond acceptors (Lipinski definition) is 7. The van der Waals surface area contributed by atoms with E-state index >= 15 is 0 Å². The standard InChI is InChI=1S/C32H47N3O4/c1-23(2)9-8-11-24(21-34-3)10-6-5-7-12-28(36)20-29(37)15-14-26-19-31(39-4)30(38)18-27(26)17-25-13-16-32(33)35-22-25/h13-16,18-19,22-24,34,38H,5-12,17,20-21H2,1-4H3,(H2,33,35). The lowest BCUT2D eigenvalue weighted by atomic mass is 9.93. The molecule has 0 aliphatic carbocycles. The van der Waals surface area contributed by atoms with Gasteiger partial charge in [0.05, 0.1) is 13.5 Å². The van der Waals surface area contributed by atoms with Crippen LogP contribution < -0.4 is 15.8 Å². The highest BCUT2D eigenvalue weighted by Gasteiger charge is 2.12. The van der Waals surface area contributed by atoms with E-state index in [0.29, 0.717) is 30.3 Å². The van der Waals surface area contributed by atoms with Gasteiger partial charge in [-0.1, -0.05) is 51.7 Å². The molecule has 39 heavy (non-hydrogen) atoms. The van der Waals surface area contributed by atoms with Gasteiger partial charge in [-0.3, -0.25) is 9.59 Å². The number of nitrogens with one attached hydrogen (secondary N) is 1. The Bertz CT molecular complexity index is 1060. The van der Waals surface area contributed by atoms with Crippen LogP contribution in [0.25, 0.3) is 6.08 Å². The maximum absolute atomic E-state index is 12.5. The van der Waals surface area contributed by atoms with Crippen molar-refractivity contribution in [2.75, 3.05) is 26.4 Å². The number of nitrogens with zero attached hydrogens (tertiary/aromatic N) is 1. The van der Waals surface area contributed by atoms with E-state index in [0.717, 1.165) is 48.4 Å². The second-order valence-electron chi connectivity index (χ2n) is 10.9. The predicted octanol–water partition coefficient (Wildman–Crippen LogP) is 6.12. The van der Waals surface area contributed by atoms with Crippen molar-refractivity contribution < 1.29 is 19.4 Å². The maximum atomic E-state index is 12.5. The van der Waals surface area contributed by atoms with Crippen molar-refractivity contribution in [3.05, 3.63) is 53.2 Å². The minimum Gasteiger partial charge on any atom is -0.504 e. The summed E-state index contributed by atoms with van der Waals surface area (Å²) >= 11 is 0. The van der Waals surface area contributed by atoms with Gasteiger partial charge in [0.2, 0.25) is 0 Å². The molecule has 0 fully saturated rings. The molecule has 214 valence electrons. The number of Topliss-reactive ketones (excluding diaryl/α,β-unsaturated/α-hetero) is 1. The normalized spacial score (nSPS) is 12.2. The molecular formula is C32H47N3O4. The van der Waals surface area contributed by atoms with Gasteiger partial charge in [0.1, 0.15) is 11.6 Å². The molecule has 0 aliphatic heterocycles. The molecule has 0 radical (unpaired) electrons. The van der Waals surface area contributed by atoms with Crippen LogP contribution in [0.2, 0.25) is 0 Å². The number of methoxy groups -OCH3 is 1. The summed E-state index contributed by atoms with van der Waals surface area (Å²) < 4.78 is 5.24. The van der Waals surface area contributed by atoms with Crippen molar-refractivity contribution in [2.24, 2.45) is 11.8 Å². The minimum absolute atomic E-state index is 0.0161. The first-order chi connectivity index (χ1) is 18.7. The largest absolute Gasteiger partial charge is 0.504 e. The highest BCUT2D eigenvalue weighted by molar-refractivity contribution is 6.06. The fraction of sp³-hybridized carbons (Fsp3) is 0.531. The number of allylic oxidation sites excluding steroid dienone is 1. The molecule has 7 nitrogen and oxygen atoms in total. The van der Waals surface area contributed by atoms with Crippen molar-refractivity contribution in [1.29, 1.82) is 0 Å². The van der Waals surface area contributed by atoms with E-state index in [-0.39, 0.29) is 23.7 Å². The molecule has 1 aromatic carbocycles. The molecule has 4 N–H and O–H groups in total. The number of phenolic OH excluding ortho intramolecular Hbond substituents is 1. The van der Waals surface area contributed by atoms with Gasteiger partial charge in [-0.05, 0) is 92.1 Å². The number of phenols is 1. The SMILES string of the molecule is CNCC(CCCCCC(=O)CC(=O)C=Cc1cc(OC)c(O)cc1Cc1ccc(N)nc1)CCCC(C)C. The summed E-state index contributed by atoms with van der Waals surface area (Å²) in [4.78, 5) is 29.1. The number of rotatable bonds is 19. The summed E-state index contributed by atoms with van der Waals surface area (Å²) in [7, 11) is 3.49. The lowest BCUT2D eigenvalue weighted by Gasteiger charge is -2.17. The van der Waals surface area contributed by atoms with Crippen molar-refractivity contribution in [2.45, 2.75) is 78.1 Å². The van der Waals surface area contributed by atoms with Crippen LogP contribution >= 0.6 is 0 Å². The fourth-order valence-electron chi connectivity index (χ4n) is 4.77. The molecule has 7 heteroatoms. The van der Waals surface area contributed by atoms with Crippen LogP contribution in [0.1, 0.15) is 88.3 Å². The molecule has 2 aromatic rings. The monoisotopic (exact) mass is 537 g/mol. The molecule has 1 unspecified atom stereocenters. The number of aromatic hydroxyl groups is 1. The molecule has 0 spiro atoms. The molecule has 2 rings (SSSR count).